The van der Waals surface area contributed by atoms with E-state index in [9.17, 15) is 9.59 Å². The molecule has 0 radical (unpaired) electrons. The first-order valence-electron chi connectivity index (χ1n) is 9.43. The van der Waals surface area contributed by atoms with Crippen LogP contribution in [0.25, 0.3) is 22.0 Å². The number of aromatic nitrogens is 3. The number of amides is 3. The summed E-state index contributed by atoms with van der Waals surface area (Å²) in [6, 6.07) is 7.17. The van der Waals surface area contributed by atoms with Gasteiger partial charge in [-0.3, -0.25) is 19.9 Å². The maximum atomic E-state index is 12.7. The highest BCUT2D eigenvalue weighted by molar-refractivity contribution is 6.06. The molecule has 2 aromatic heterocycles. The van der Waals surface area contributed by atoms with E-state index in [2.05, 4.69) is 37.4 Å². The number of anilines is 1. The molecule has 0 unspecified atom stereocenters. The molecule has 31 heavy (non-hydrogen) atoms. The topological polar surface area (TPSA) is 115 Å². The highest BCUT2D eigenvalue weighted by Crippen LogP contribution is 2.26. The molecular formula is C22H23N7O2. The first-order valence-corrected chi connectivity index (χ1v) is 9.43. The van der Waals surface area contributed by atoms with Gasteiger partial charge in [0.05, 0.1) is 17.4 Å². The van der Waals surface area contributed by atoms with Crippen molar-refractivity contribution < 1.29 is 9.59 Å². The highest BCUT2D eigenvalue weighted by atomic mass is 16.2. The van der Waals surface area contributed by atoms with Crippen molar-refractivity contribution in [2.24, 2.45) is 4.99 Å². The van der Waals surface area contributed by atoms with Gasteiger partial charge in [-0.1, -0.05) is 18.7 Å². The number of nitrogens with zero attached hydrogens (tertiary/aromatic N) is 4. The smallest absolute Gasteiger partial charge is 0.321 e. The van der Waals surface area contributed by atoms with Crippen molar-refractivity contribution in [3.63, 3.8) is 0 Å². The van der Waals surface area contributed by atoms with Crippen LogP contribution in [0.1, 0.15) is 17.4 Å². The minimum atomic E-state index is -0.351. The van der Waals surface area contributed by atoms with Crippen LogP contribution in [0.2, 0.25) is 0 Å². The Morgan fingerprint density at radius 3 is 2.74 bits per heavy atom. The van der Waals surface area contributed by atoms with E-state index < -0.39 is 0 Å². The fraction of sp³-hybridized carbons (Fsp3) is 0.136. The lowest BCUT2D eigenvalue weighted by atomic mass is 10.0. The lowest BCUT2D eigenvalue weighted by Gasteiger charge is -2.12. The number of urea groups is 1. The van der Waals surface area contributed by atoms with E-state index in [1.165, 1.54) is 17.3 Å². The molecule has 9 nitrogen and oxygen atoms in total. The van der Waals surface area contributed by atoms with Gasteiger partial charge in [0.1, 0.15) is 0 Å². The number of rotatable bonds is 6. The third-order valence-corrected chi connectivity index (χ3v) is 4.28. The molecule has 0 bridgehead atoms. The van der Waals surface area contributed by atoms with E-state index in [1.54, 1.807) is 39.5 Å². The summed E-state index contributed by atoms with van der Waals surface area (Å²) in [5, 5.41) is 13.2. The standard InChI is InChI=1S/C22H23N7O2/c1-5-8-23-11-14(2)25-21(30)20-18-10-15(6-7-19(18)27-28-20)16-9-17(13-24-12-16)26-22(31)29(3)4/h5-13H,1H2,2-4H3,(H,25,30)(H,26,31)(H,27,28)/b14-11+,23-8?. The normalized spacial score (nSPS) is 11.5. The summed E-state index contributed by atoms with van der Waals surface area (Å²) in [6.45, 7) is 5.28. The average molecular weight is 417 g/mol. The second-order valence-electron chi connectivity index (χ2n) is 6.92. The molecule has 3 rings (SSSR count). The molecule has 0 spiro atoms. The fourth-order valence-corrected chi connectivity index (χ4v) is 2.75. The van der Waals surface area contributed by atoms with E-state index in [0.717, 1.165) is 16.6 Å². The summed E-state index contributed by atoms with van der Waals surface area (Å²) < 4.78 is 0. The van der Waals surface area contributed by atoms with Crippen LogP contribution in [-0.2, 0) is 0 Å². The van der Waals surface area contributed by atoms with Gasteiger partial charge in [0.25, 0.3) is 5.91 Å². The molecule has 158 valence electrons. The highest BCUT2D eigenvalue weighted by Gasteiger charge is 2.15. The molecule has 0 fully saturated rings. The van der Waals surface area contributed by atoms with Crippen molar-refractivity contribution in [2.45, 2.75) is 6.92 Å². The molecule has 3 N–H and O–H groups in total. The van der Waals surface area contributed by atoms with E-state index in [4.69, 9.17) is 0 Å². The number of aliphatic imine (C=N–C) groups is 1. The Kier molecular flexibility index (Phi) is 6.56. The predicted molar refractivity (Wildman–Crippen MR) is 122 cm³/mol. The van der Waals surface area contributed by atoms with Gasteiger partial charge in [-0.25, -0.2) is 4.79 Å². The summed E-state index contributed by atoms with van der Waals surface area (Å²) in [7, 11) is 3.32. The Morgan fingerprint density at radius 1 is 1.19 bits per heavy atom. The average Bonchev–Trinajstić information content (AvgIpc) is 3.17. The van der Waals surface area contributed by atoms with Crippen LogP contribution in [0.5, 0.6) is 0 Å². The number of allylic oxidation sites excluding steroid dienone is 2. The number of H-pyrrole nitrogens is 1. The number of aromatic amines is 1. The van der Waals surface area contributed by atoms with Gasteiger partial charge in [0.15, 0.2) is 5.69 Å². The van der Waals surface area contributed by atoms with Crippen molar-refractivity contribution in [2.75, 3.05) is 19.4 Å². The molecule has 0 aliphatic rings. The van der Waals surface area contributed by atoms with Crippen LogP contribution in [0, 0.1) is 0 Å². The number of fused-ring (bicyclic) bond motifs is 1. The Balaban J connectivity index is 1.89. The quantitative estimate of drug-likeness (QED) is 0.532. The zero-order valence-electron chi connectivity index (χ0n) is 17.5. The van der Waals surface area contributed by atoms with Crippen LogP contribution >= 0.6 is 0 Å². The monoisotopic (exact) mass is 417 g/mol. The van der Waals surface area contributed by atoms with Crippen molar-refractivity contribution in [3.05, 3.63) is 66.9 Å². The summed E-state index contributed by atoms with van der Waals surface area (Å²) >= 11 is 0. The van der Waals surface area contributed by atoms with Crippen LogP contribution in [0.3, 0.4) is 0 Å². The van der Waals surface area contributed by atoms with Gasteiger partial charge in [-0.05, 0) is 30.7 Å². The largest absolute Gasteiger partial charge is 0.331 e. The molecule has 1 aromatic carbocycles. The zero-order valence-corrected chi connectivity index (χ0v) is 17.5. The molecule has 0 atom stereocenters. The molecule has 3 aromatic rings. The summed E-state index contributed by atoms with van der Waals surface area (Å²) in [5.41, 5.74) is 3.76. The van der Waals surface area contributed by atoms with Gasteiger partial charge >= 0.3 is 6.03 Å². The van der Waals surface area contributed by atoms with Crippen molar-refractivity contribution >= 4 is 34.7 Å². The Hall–Kier alpha value is -4.27. The van der Waals surface area contributed by atoms with Crippen LogP contribution in [0.4, 0.5) is 10.5 Å². The number of carbonyl (C=O) groups is 2. The second kappa shape index (κ2) is 9.49. The van der Waals surface area contributed by atoms with E-state index in [0.29, 0.717) is 16.8 Å². The summed E-state index contributed by atoms with van der Waals surface area (Å²) in [5.74, 6) is -0.351. The van der Waals surface area contributed by atoms with Gasteiger partial charge < -0.3 is 15.5 Å². The number of hydrogen-bond acceptors (Lipinski definition) is 5. The zero-order chi connectivity index (χ0) is 22.4. The predicted octanol–water partition coefficient (Wildman–Crippen LogP) is 3.57. The van der Waals surface area contributed by atoms with Crippen molar-refractivity contribution in [3.8, 4) is 11.1 Å². The number of hydrogen-bond donors (Lipinski definition) is 3. The molecule has 0 saturated carbocycles. The van der Waals surface area contributed by atoms with Gasteiger partial charge in [-0.15, -0.1) is 0 Å². The SMILES string of the molecule is C=CC=N/C=C(\C)NC(=O)c1n[nH]c2ccc(-c3cncc(NC(=O)N(C)C)c3)cc12. The van der Waals surface area contributed by atoms with Crippen LogP contribution in [-0.4, -0.2) is 52.3 Å². The Labute approximate surface area is 179 Å². The first kappa shape index (κ1) is 21.4. The lowest BCUT2D eigenvalue weighted by Crippen LogP contribution is -2.27. The Morgan fingerprint density at radius 2 is 2.00 bits per heavy atom. The van der Waals surface area contributed by atoms with E-state index in [-0.39, 0.29) is 17.6 Å². The summed E-state index contributed by atoms with van der Waals surface area (Å²) in [6.07, 6.45) is 7.86. The second-order valence-corrected chi connectivity index (χ2v) is 6.92. The molecule has 0 aliphatic carbocycles. The minimum absolute atomic E-state index is 0.246. The molecule has 0 saturated heterocycles. The lowest BCUT2D eigenvalue weighted by molar-refractivity contribution is 0.0962. The summed E-state index contributed by atoms with van der Waals surface area (Å²) in [4.78, 5) is 34.2. The molecule has 9 heteroatoms. The number of pyridine rings is 1. The fourth-order valence-electron chi connectivity index (χ4n) is 2.75. The van der Waals surface area contributed by atoms with Crippen LogP contribution < -0.4 is 10.6 Å². The van der Waals surface area contributed by atoms with Gasteiger partial charge in [0, 0.05) is 49.4 Å². The maximum Gasteiger partial charge on any atom is 0.321 e. The van der Waals surface area contributed by atoms with Crippen LogP contribution in [0.15, 0.2) is 66.2 Å². The Bertz CT molecular complexity index is 1190. The maximum absolute atomic E-state index is 12.7. The third kappa shape index (κ3) is 5.21. The van der Waals surface area contributed by atoms with E-state index in [1.807, 2.05) is 24.3 Å². The minimum Gasteiger partial charge on any atom is -0.331 e. The molecule has 0 aliphatic heterocycles. The van der Waals surface area contributed by atoms with Gasteiger partial charge in [-0.2, -0.15) is 5.10 Å². The van der Waals surface area contributed by atoms with E-state index >= 15 is 0 Å². The number of carbonyl (C=O) groups excluding carboxylic acids is 2. The van der Waals surface area contributed by atoms with Crippen molar-refractivity contribution in [1.82, 2.24) is 25.4 Å². The van der Waals surface area contributed by atoms with Gasteiger partial charge in [0.2, 0.25) is 0 Å². The van der Waals surface area contributed by atoms with Crippen molar-refractivity contribution in [1.29, 1.82) is 0 Å². The molecule has 3 amide bonds. The number of benzene rings is 1. The number of nitrogens with one attached hydrogen (secondary N) is 3. The molecule has 2 heterocycles. The first-order chi connectivity index (χ1) is 14.9. The third-order valence-electron chi connectivity index (χ3n) is 4.28. The molecular weight excluding hydrogens is 394 g/mol.